The zero-order chi connectivity index (χ0) is 17.9. The van der Waals surface area contributed by atoms with Gasteiger partial charge in [-0.3, -0.25) is 20.1 Å². The van der Waals surface area contributed by atoms with Crippen LogP contribution in [0.3, 0.4) is 0 Å². The Bertz CT molecular complexity index is 1080. The first-order chi connectivity index (χ1) is 12.7. The minimum atomic E-state index is -0.424. The number of non-ortho nitro benzene ring substituents is 1. The molecule has 4 rings (SSSR count). The summed E-state index contributed by atoms with van der Waals surface area (Å²) in [6.07, 6.45) is 6.37. The van der Waals surface area contributed by atoms with Gasteiger partial charge in [0.2, 0.25) is 11.7 Å². The van der Waals surface area contributed by atoms with Gasteiger partial charge in [0, 0.05) is 47.5 Å². The van der Waals surface area contributed by atoms with E-state index in [2.05, 4.69) is 25.4 Å². The van der Waals surface area contributed by atoms with E-state index in [9.17, 15) is 10.1 Å². The van der Waals surface area contributed by atoms with E-state index in [4.69, 9.17) is 4.52 Å². The Morgan fingerprint density at radius 1 is 1.04 bits per heavy atom. The lowest BCUT2D eigenvalue weighted by molar-refractivity contribution is -0.383. The maximum Gasteiger partial charge on any atom is 0.278 e. The fourth-order valence-electron chi connectivity index (χ4n) is 2.60. The molecule has 0 radical (unpaired) electrons. The summed E-state index contributed by atoms with van der Waals surface area (Å²) >= 11 is 0. The van der Waals surface area contributed by atoms with E-state index in [0.717, 1.165) is 11.3 Å². The van der Waals surface area contributed by atoms with Gasteiger partial charge in [-0.15, -0.1) is 0 Å². The first-order valence-electron chi connectivity index (χ1n) is 7.70. The molecule has 0 aliphatic rings. The summed E-state index contributed by atoms with van der Waals surface area (Å²) < 4.78 is 5.25. The summed E-state index contributed by atoms with van der Waals surface area (Å²) in [6, 6.07) is 8.40. The molecule has 0 amide bonds. The monoisotopic (exact) mass is 348 g/mol. The van der Waals surface area contributed by atoms with Crippen molar-refractivity contribution >= 4 is 22.1 Å². The SMILES string of the molecule is O=[N+]([O-])c1ccc(NCc2nc(-c3ccncc3)no2)c2ccncc12. The summed E-state index contributed by atoms with van der Waals surface area (Å²) in [5.41, 5.74) is 1.54. The van der Waals surface area contributed by atoms with Gasteiger partial charge in [0.1, 0.15) is 0 Å². The van der Waals surface area contributed by atoms with Gasteiger partial charge in [-0.05, 0) is 24.3 Å². The quantitative estimate of drug-likeness (QED) is 0.431. The predicted octanol–water partition coefficient (Wildman–Crippen LogP) is 3.20. The van der Waals surface area contributed by atoms with E-state index < -0.39 is 4.92 Å². The van der Waals surface area contributed by atoms with Crippen molar-refractivity contribution in [2.24, 2.45) is 0 Å². The second-order valence-corrected chi connectivity index (χ2v) is 5.41. The molecular formula is C17H12N6O3. The molecule has 0 fully saturated rings. The topological polar surface area (TPSA) is 120 Å². The molecule has 0 aliphatic carbocycles. The number of nitro benzene ring substituents is 1. The molecule has 0 saturated carbocycles. The highest BCUT2D eigenvalue weighted by atomic mass is 16.6. The van der Waals surface area contributed by atoms with Gasteiger partial charge < -0.3 is 9.84 Å². The van der Waals surface area contributed by atoms with Gasteiger partial charge in [-0.1, -0.05) is 5.16 Å². The maximum absolute atomic E-state index is 11.2. The Labute approximate surface area is 146 Å². The molecule has 0 aliphatic heterocycles. The van der Waals surface area contributed by atoms with Crippen LogP contribution in [-0.4, -0.2) is 25.0 Å². The van der Waals surface area contributed by atoms with Crippen LogP contribution in [0.5, 0.6) is 0 Å². The van der Waals surface area contributed by atoms with Crippen molar-refractivity contribution in [3.63, 3.8) is 0 Å². The Morgan fingerprint density at radius 3 is 2.65 bits per heavy atom. The van der Waals surface area contributed by atoms with Crippen LogP contribution in [0.4, 0.5) is 11.4 Å². The molecule has 9 nitrogen and oxygen atoms in total. The molecule has 1 aromatic carbocycles. The number of fused-ring (bicyclic) bond motifs is 1. The van der Waals surface area contributed by atoms with Gasteiger partial charge in [-0.2, -0.15) is 4.98 Å². The van der Waals surface area contributed by atoms with Gasteiger partial charge in [-0.25, -0.2) is 0 Å². The first-order valence-corrected chi connectivity index (χ1v) is 7.70. The van der Waals surface area contributed by atoms with E-state index in [1.165, 1.54) is 12.3 Å². The lowest BCUT2D eigenvalue weighted by Gasteiger charge is -2.08. The highest BCUT2D eigenvalue weighted by Gasteiger charge is 2.15. The molecule has 0 saturated heterocycles. The molecule has 4 aromatic rings. The lowest BCUT2D eigenvalue weighted by atomic mass is 10.1. The first kappa shape index (κ1) is 15.6. The number of nitrogens with one attached hydrogen (secondary N) is 1. The van der Waals surface area contributed by atoms with Gasteiger partial charge in [0.25, 0.3) is 5.69 Å². The van der Waals surface area contributed by atoms with Crippen LogP contribution >= 0.6 is 0 Å². The second-order valence-electron chi connectivity index (χ2n) is 5.41. The number of nitrogens with zero attached hydrogens (tertiary/aromatic N) is 5. The van der Waals surface area contributed by atoms with Crippen LogP contribution in [-0.2, 0) is 6.54 Å². The lowest BCUT2D eigenvalue weighted by Crippen LogP contribution is -2.01. The number of nitro groups is 1. The average molecular weight is 348 g/mol. The molecule has 3 aromatic heterocycles. The van der Waals surface area contributed by atoms with E-state index >= 15 is 0 Å². The van der Waals surface area contributed by atoms with Crippen LogP contribution < -0.4 is 5.32 Å². The third-order valence-electron chi connectivity index (χ3n) is 3.83. The Hall–Kier alpha value is -3.88. The number of rotatable bonds is 5. The highest BCUT2D eigenvalue weighted by Crippen LogP contribution is 2.30. The van der Waals surface area contributed by atoms with Crippen molar-refractivity contribution in [3.8, 4) is 11.4 Å². The number of pyridine rings is 2. The minimum Gasteiger partial charge on any atom is -0.376 e. The molecule has 0 spiro atoms. The van der Waals surface area contributed by atoms with Gasteiger partial charge >= 0.3 is 0 Å². The van der Waals surface area contributed by atoms with Gasteiger partial charge in [0.05, 0.1) is 16.9 Å². The van der Waals surface area contributed by atoms with Crippen molar-refractivity contribution in [1.29, 1.82) is 0 Å². The maximum atomic E-state index is 11.2. The molecular weight excluding hydrogens is 336 g/mol. The number of anilines is 1. The summed E-state index contributed by atoms with van der Waals surface area (Å²) in [4.78, 5) is 23.0. The van der Waals surface area contributed by atoms with Crippen molar-refractivity contribution in [1.82, 2.24) is 20.1 Å². The second kappa shape index (κ2) is 6.55. The van der Waals surface area contributed by atoms with Crippen molar-refractivity contribution < 1.29 is 9.45 Å². The number of hydrogen-bond acceptors (Lipinski definition) is 8. The standard InChI is InChI=1S/C17H12N6O3/c24-23(25)15-2-1-14(12-5-8-19-9-13(12)15)20-10-16-21-17(22-26-16)11-3-6-18-7-4-11/h1-9,20H,10H2. The van der Waals surface area contributed by atoms with E-state index in [0.29, 0.717) is 22.5 Å². The number of hydrogen-bond donors (Lipinski definition) is 1. The molecule has 0 bridgehead atoms. The molecule has 128 valence electrons. The van der Waals surface area contributed by atoms with Crippen LogP contribution in [0.2, 0.25) is 0 Å². The molecule has 0 unspecified atom stereocenters. The highest BCUT2D eigenvalue weighted by molar-refractivity contribution is 5.99. The predicted molar refractivity (Wildman–Crippen MR) is 93.3 cm³/mol. The normalized spacial score (nSPS) is 10.8. The molecule has 26 heavy (non-hydrogen) atoms. The molecule has 9 heteroatoms. The van der Waals surface area contributed by atoms with E-state index in [1.54, 1.807) is 42.9 Å². The van der Waals surface area contributed by atoms with E-state index in [1.807, 2.05) is 0 Å². The third-order valence-corrected chi connectivity index (χ3v) is 3.83. The van der Waals surface area contributed by atoms with Crippen LogP contribution in [0.1, 0.15) is 5.89 Å². The summed E-state index contributed by atoms with van der Waals surface area (Å²) in [6.45, 7) is 0.285. The molecule has 3 heterocycles. The summed E-state index contributed by atoms with van der Waals surface area (Å²) in [5, 5.41) is 19.4. The average Bonchev–Trinajstić information content (AvgIpc) is 3.15. The van der Waals surface area contributed by atoms with Crippen molar-refractivity contribution in [3.05, 3.63) is 71.1 Å². The fourth-order valence-corrected chi connectivity index (χ4v) is 2.60. The number of aromatic nitrogens is 4. The van der Waals surface area contributed by atoms with Gasteiger partial charge in [0.15, 0.2) is 0 Å². The zero-order valence-corrected chi connectivity index (χ0v) is 13.4. The Balaban J connectivity index is 1.58. The van der Waals surface area contributed by atoms with Crippen molar-refractivity contribution in [2.45, 2.75) is 6.54 Å². The summed E-state index contributed by atoms with van der Waals surface area (Å²) in [5.74, 6) is 0.874. The van der Waals surface area contributed by atoms with E-state index in [-0.39, 0.29) is 12.2 Å². The van der Waals surface area contributed by atoms with Crippen molar-refractivity contribution in [2.75, 3.05) is 5.32 Å². The zero-order valence-electron chi connectivity index (χ0n) is 13.4. The third kappa shape index (κ3) is 2.93. The Kier molecular flexibility index (Phi) is 3.94. The van der Waals surface area contributed by atoms with Crippen LogP contribution in [0, 0.1) is 10.1 Å². The van der Waals surface area contributed by atoms with Crippen LogP contribution in [0.25, 0.3) is 22.2 Å². The largest absolute Gasteiger partial charge is 0.376 e. The summed E-state index contributed by atoms with van der Waals surface area (Å²) in [7, 11) is 0. The molecule has 0 atom stereocenters. The molecule has 1 N–H and O–H groups in total. The Morgan fingerprint density at radius 2 is 1.85 bits per heavy atom. The minimum absolute atomic E-state index is 0.0106. The smallest absolute Gasteiger partial charge is 0.278 e. The number of benzene rings is 1. The fraction of sp³-hybridized carbons (Fsp3) is 0.0588. The van der Waals surface area contributed by atoms with Crippen LogP contribution in [0.15, 0.2) is 59.6 Å².